The fourth-order valence-corrected chi connectivity index (χ4v) is 4.06. The predicted molar refractivity (Wildman–Crippen MR) is 156 cm³/mol. The lowest BCUT2D eigenvalue weighted by atomic mass is 9.96. The zero-order valence-corrected chi connectivity index (χ0v) is 25.3. The number of amides is 1. The van der Waals surface area contributed by atoms with Crippen molar-refractivity contribution in [2.45, 2.75) is 83.5 Å². The number of aromatic nitrogens is 3. The minimum absolute atomic E-state index is 0.141. The highest BCUT2D eigenvalue weighted by Gasteiger charge is 2.61. The molecule has 1 amide bonds. The van der Waals surface area contributed by atoms with Crippen LogP contribution in [0.3, 0.4) is 0 Å². The number of nitrogens with zero attached hydrogens (tertiary/aromatic N) is 3. The van der Waals surface area contributed by atoms with Gasteiger partial charge in [-0.05, 0) is 52.2 Å². The first kappa shape index (κ1) is 35.2. The van der Waals surface area contributed by atoms with Crippen LogP contribution in [0.15, 0.2) is 66.1 Å². The highest BCUT2D eigenvalue weighted by molar-refractivity contribution is 5.89. The molecular formula is C31H35F5N4O5. The van der Waals surface area contributed by atoms with Gasteiger partial charge in [-0.15, -0.1) is 23.4 Å². The Morgan fingerprint density at radius 2 is 1.78 bits per heavy atom. The first-order chi connectivity index (χ1) is 21.1. The molecule has 45 heavy (non-hydrogen) atoms. The molecule has 0 saturated carbocycles. The molecule has 0 aliphatic heterocycles. The Bertz CT molecular complexity index is 1460. The van der Waals surface area contributed by atoms with Gasteiger partial charge in [-0.2, -0.15) is 13.2 Å². The Morgan fingerprint density at radius 1 is 1.09 bits per heavy atom. The van der Waals surface area contributed by atoms with E-state index in [9.17, 15) is 26.7 Å². The summed E-state index contributed by atoms with van der Waals surface area (Å²) >= 11 is 0. The molecule has 2 atom stereocenters. The van der Waals surface area contributed by atoms with Gasteiger partial charge in [0.25, 0.3) is 18.2 Å². The van der Waals surface area contributed by atoms with Crippen LogP contribution >= 0.6 is 0 Å². The van der Waals surface area contributed by atoms with E-state index >= 15 is 0 Å². The third kappa shape index (κ3) is 9.10. The number of hydrogen-bond donors (Lipinski definition) is 1. The highest BCUT2D eigenvalue weighted by atomic mass is 19.4. The molecule has 2 aromatic heterocycles. The van der Waals surface area contributed by atoms with Crippen molar-refractivity contribution in [2.75, 3.05) is 5.32 Å². The van der Waals surface area contributed by atoms with Crippen LogP contribution < -0.4 is 10.1 Å². The summed E-state index contributed by atoms with van der Waals surface area (Å²) in [6.45, 7) is 13.0. The number of allylic oxidation sites excluding steroid dienone is 1. The lowest BCUT2D eigenvalue weighted by Crippen LogP contribution is -2.45. The van der Waals surface area contributed by atoms with Crippen LogP contribution in [0.4, 0.5) is 32.4 Å². The molecule has 0 radical (unpaired) electrons. The molecule has 0 aliphatic carbocycles. The first-order valence-electron chi connectivity index (χ1n) is 13.9. The van der Waals surface area contributed by atoms with Crippen LogP contribution in [0.5, 0.6) is 5.88 Å². The maximum absolute atomic E-state index is 14.8. The number of anilines is 1. The predicted octanol–water partition coefficient (Wildman–Crippen LogP) is 8.70. The number of alkyl halides is 5. The number of hydrogen-bond acceptors (Lipinski definition) is 8. The molecule has 0 unspecified atom stereocenters. The van der Waals surface area contributed by atoms with Crippen molar-refractivity contribution < 1.29 is 45.4 Å². The van der Waals surface area contributed by atoms with Crippen molar-refractivity contribution in [1.82, 2.24) is 15.2 Å². The van der Waals surface area contributed by atoms with E-state index in [1.54, 1.807) is 58.0 Å². The van der Waals surface area contributed by atoms with Gasteiger partial charge in [-0.25, -0.2) is 18.6 Å². The Kier molecular flexibility index (Phi) is 11.4. The smallest absolute Gasteiger partial charge is 0.426 e. The molecule has 244 valence electrons. The summed E-state index contributed by atoms with van der Waals surface area (Å²) in [7, 11) is 0. The molecule has 0 spiro atoms. The maximum Gasteiger partial charge on any atom is 0.426 e. The standard InChI is InChI=1S/C31H35F5N4O5/c1-7-9-16-30(31(34,35)36,42-18-20-14-11-10-12-15-20)27-40-39-26(44-27)23-22(37-28(41)45-29(4,5)6)17-21(24(32)33)25(38-23)43-19(3)13-8-2/h7-8,10-12,14-15,17,19,24H,1-2,9,13,16,18H2,3-6H3,(H,37,41)/t19-,30-/m1/s1. The van der Waals surface area contributed by atoms with Gasteiger partial charge in [0.05, 0.1) is 17.9 Å². The normalized spacial score (nSPS) is 14.0. The van der Waals surface area contributed by atoms with E-state index in [1.807, 2.05) is 0 Å². The molecule has 9 nitrogen and oxygen atoms in total. The molecule has 1 aromatic carbocycles. The number of nitrogens with one attached hydrogen (secondary N) is 1. The van der Waals surface area contributed by atoms with Crippen molar-refractivity contribution >= 4 is 11.8 Å². The quantitative estimate of drug-likeness (QED) is 0.138. The second kappa shape index (κ2) is 14.6. The Balaban J connectivity index is 2.19. The summed E-state index contributed by atoms with van der Waals surface area (Å²) in [5.74, 6) is -2.15. The Hall–Kier alpha value is -4.33. The molecule has 0 fully saturated rings. The second-order valence-electron chi connectivity index (χ2n) is 11.0. The fraction of sp³-hybridized carbons (Fsp3) is 0.419. The topological polar surface area (TPSA) is 109 Å². The molecule has 3 aromatic rings. The van der Waals surface area contributed by atoms with Crippen molar-refractivity contribution in [1.29, 1.82) is 0 Å². The SMILES string of the molecule is C=CCC[C@@](OCc1ccccc1)(c1nnc(-c2nc(O[C@H](C)CC=C)c(C(F)F)cc2NC(=O)OC(C)(C)C)o1)C(F)(F)F. The number of rotatable bonds is 14. The van der Waals surface area contributed by atoms with Crippen LogP contribution in [0.2, 0.25) is 0 Å². The average Bonchev–Trinajstić information content (AvgIpc) is 3.43. The van der Waals surface area contributed by atoms with Gasteiger partial charge in [0.2, 0.25) is 11.5 Å². The average molecular weight is 639 g/mol. The summed E-state index contributed by atoms with van der Waals surface area (Å²) in [4.78, 5) is 16.7. The van der Waals surface area contributed by atoms with Crippen LogP contribution in [0, 0.1) is 0 Å². The Labute approximate surface area is 257 Å². The molecule has 0 aliphatic rings. The highest BCUT2D eigenvalue weighted by Crippen LogP contribution is 2.47. The van der Waals surface area contributed by atoms with Gasteiger partial charge in [-0.1, -0.05) is 42.5 Å². The van der Waals surface area contributed by atoms with Crippen molar-refractivity contribution in [3.8, 4) is 17.5 Å². The lowest BCUT2D eigenvalue weighted by molar-refractivity contribution is -0.299. The second-order valence-corrected chi connectivity index (χ2v) is 11.0. The molecular weight excluding hydrogens is 603 g/mol. The molecule has 1 N–H and O–H groups in total. The van der Waals surface area contributed by atoms with Gasteiger partial charge in [-0.3, -0.25) is 5.32 Å². The molecule has 2 heterocycles. The van der Waals surface area contributed by atoms with E-state index in [2.05, 4.69) is 33.7 Å². The van der Waals surface area contributed by atoms with E-state index in [1.165, 1.54) is 12.2 Å². The minimum atomic E-state index is -5.05. The molecule has 0 bridgehead atoms. The molecule has 0 saturated heterocycles. The summed E-state index contributed by atoms with van der Waals surface area (Å²) in [6.07, 6.45) is -7.63. The van der Waals surface area contributed by atoms with E-state index < -0.39 is 83.6 Å². The van der Waals surface area contributed by atoms with Gasteiger partial charge >= 0.3 is 12.3 Å². The van der Waals surface area contributed by atoms with Gasteiger partial charge < -0.3 is 18.6 Å². The van der Waals surface area contributed by atoms with Crippen LogP contribution in [-0.4, -0.2) is 39.2 Å². The minimum Gasteiger partial charge on any atom is -0.474 e. The first-order valence-corrected chi connectivity index (χ1v) is 13.9. The lowest BCUT2D eigenvalue weighted by Gasteiger charge is -2.32. The number of carbonyl (C=O) groups is 1. The monoisotopic (exact) mass is 638 g/mol. The number of halogens is 5. The number of carbonyl (C=O) groups excluding carboxylic acids is 1. The van der Waals surface area contributed by atoms with Crippen LogP contribution in [0.25, 0.3) is 11.6 Å². The van der Waals surface area contributed by atoms with Crippen molar-refractivity contribution in [3.05, 3.63) is 78.7 Å². The Morgan fingerprint density at radius 3 is 2.36 bits per heavy atom. The van der Waals surface area contributed by atoms with Crippen molar-refractivity contribution in [3.63, 3.8) is 0 Å². The van der Waals surface area contributed by atoms with Crippen LogP contribution in [-0.2, 0) is 21.7 Å². The van der Waals surface area contributed by atoms with E-state index in [4.69, 9.17) is 18.6 Å². The number of benzene rings is 1. The van der Waals surface area contributed by atoms with Gasteiger partial charge in [0, 0.05) is 6.42 Å². The summed E-state index contributed by atoms with van der Waals surface area (Å²) in [5.41, 5.74) is -5.14. The summed E-state index contributed by atoms with van der Waals surface area (Å²) in [5, 5.41) is 9.74. The van der Waals surface area contributed by atoms with E-state index in [0.717, 1.165) is 6.07 Å². The zero-order valence-electron chi connectivity index (χ0n) is 25.3. The third-order valence-corrected chi connectivity index (χ3v) is 6.16. The number of pyridine rings is 1. The van der Waals surface area contributed by atoms with E-state index in [-0.39, 0.29) is 12.8 Å². The number of ether oxygens (including phenoxy) is 3. The van der Waals surface area contributed by atoms with Gasteiger partial charge in [0.15, 0.2) is 5.69 Å². The third-order valence-electron chi connectivity index (χ3n) is 6.16. The zero-order chi connectivity index (χ0) is 33.4. The van der Waals surface area contributed by atoms with Crippen molar-refractivity contribution in [2.24, 2.45) is 0 Å². The maximum atomic E-state index is 14.8. The fourth-order valence-electron chi connectivity index (χ4n) is 4.06. The van der Waals surface area contributed by atoms with Gasteiger partial charge in [0.1, 0.15) is 11.7 Å². The molecule has 3 rings (SSSR count). The molecule has 14 heteroatoms. The van der Waals surface area contributed by atoms with E-state index in [0.29, 0.717) is 5.56 Å². The summed E-state index contributed by atoms with van der Waals surface area (Å²) in [6, 6.07) is 9.03. The largest absolute Gasteiger partial charge is 0.474 e. The summed E-state index contributed by atoms with van der Waals surface area (Å²) < 4.78 is 94.7. The van der Waals surface area contributed by atoms with Crippen LogP contribution in [0.1, 0.15) is 70.4 Å².